The third-order valence-corrected chi connectivity index (χ3v) is 4.33. The number of amides is 2. The van der Waals surface area contributed by atoms with Crippen LogP contribution in [0.25, 0.3) is 0 Å². The minimum absolute atomic E-state index is 0.142. The zero-order valence-electron chi connectivity index (χ0n) is 10.0. The maximum atomic E-state index is 11.8. The lowest BCUT2D eigenvalue weighted by Crippen LogP contribution is -2.39. The molecular weight excluding hydrogens is 316 g/mol. The molecule has 98 valence electrons. The Kier molecular flexibility index (Phi) is 4.89. The fourth-order valence-corrected chi connectivity index (χ4v) is 2.67. The molecule has 3 nitrogen and oxygen atoms in total. The van der Waals surface area contributed by atoms with Crippen molar-refractivity contribution in [1.82, 2.24) is 5.32 Å². The summed E-state index contributed by atoms with van der Waals surface area (Å²) in [5, 5.41) is 6.45. The molecule has 0 heterocycles. The Balaban J connectivity index is 1.88. The van der Waals surface area contributed by atoms with Crippen LogP contribution in [0.3, 0.4) is 0 Å². The van der Waals surface area contributed by atoms with E-state index >= 15 is 0 Å². The van der Waals surface area contributed by atoms with Crippen LogP contribution in [-0.2, 0) is 0 Å². The minimum atomic E-state index is -0.142. The van der Waals surface area contributed by atoms with Crippen LogP contribution in [0.2, 0.25) is 5.02 Å². The quantitative estimate of drug-likeness (QED) is 0.819. The Hall–Kier alpha value is -0.740. The van der Waals surface area contributed by atoms with Crippen LogP contribution in [0.15, 0.2) is 22.7 Å². The van der Waals surface area contributed by atoms with Gasteiger partial charge in [-0.15, -0.1) is 0 Å². The van der Waals surface area contributed by atoms with Gasteiger partial charge in [0.15, 0.2) is 0 Å². The second-order valence-electron chi connectivity index (χ2n) is 4.56. The number of rotatable bonds is 2. The van der Waals surface area contributed by atoms with Crippen molar-refractivity contribution in [2.24, 2.45) is 0 Å². The molecule has 0 aromatic heterocycles. The minimum Gasteiger partial charge on any atom is -0.335 e. The molecule has 0 radical (unpaired) electrons. The number of carbonyl (C=O) groups excluding carboxylic acids is 1. The highest BCUT2D eigenvalue weighted by Crippen LogP contribution is 2.25. The molecule has 0 bridgehead atoms. The van der Waals surface area contributed by atoms with E-state index in [0.29, 0.717) is 11.1 Å². The molecule has 2 amide bonds. The summed E-state index contributed by atoms with van der Waals surface area (Å²) in [6.45, 7) is 0. The van der Waals surface area contributed by atoms with Crippen LogP contribution in [0.4, 0.5) is 10.5 Å². The summed E-state index contributed by atoms with van der Waals surface area (Å²) >= 11 is 9.23. The lowest BCUT2D eigenvalue weighted by atomic mass is 9.96. The Morgan fingerprint density at radius 1 is 1.28 bits per heavy atom. The number of anilines is 1. The molecule has 2 rings (SSSR count). The number of hydrogen-bond donors (Lipinski definition) is 2. The van der Waals surface area contributed by atoms with Gasteiger partial charge in [0.2, 0.25) is 0 Å². The van der Waals surface area contributed by atoms with Crippen molar-refractivity contribution in [3.63, 3.8) is 0 Å². The number of carbonyl (C=O) groups is 1. The molecule has 1 saturated carbocycles. The first-order chi connectivity index (χ1) is 8.65. The molecule has 0 atom stereocenters. The average molecular weight is 332 g/mol. The highest BCUT2D eigenvalue weighted by molar-refractivity contribution is 9.10. The van der Waals surface area contributed by atoms with Crippen molar-refractivity contribution in [3.05, 3.63) is 27.7 Å². The largest absolute Gasteiger partial charge is 0.335 e. The first-order valence-electron chi connectivity index (χ1n) is 6.18. The molecule has 0 spiro atoms. The zero-order chi connectivity index (χ0) is 13.0. The summed E-state index contributed by atoms with van der Waals surface area (Å²) in [6, 6.07) is 5.50. The summed E-state index contributed by atoms with van der Waals surface area (Å²) < 4.78 is 0.777. The van der Waals surface area contributed by atoms with E-state index in [0.717, 1.165) is 23.0 Å². The molecule has 0 saturated heterocycles. The highest BCUT2D eigenvalue weighted by Gasteiger charge is 2.15. The number of benzene rings is 1. The number of hydrogen-bond acceptors (Lipinski definition) is 1. The fourth-order valence-electron chi connectivity index (χ4n) is 2.17. The first kappa shape index (κ1) is 13.7. The second-order valence-corrected chi connectivity index (χ2v) is 5.82. The average Bonchev–Trinajstić information content (AvgIpc) is 2.35. The first-order valence-corrected chi connectivity index (χ1v) is 7.35. The molecule has 1 aliphatic carbocycles. The van der Waals surface area contributed by atoms with Gasteiger partial charge < -0.3 is 10.6 Å². The summed E-state index contributed by atoms with van der Waals surface area (Å²) in [5.41, 5.74) is 0.736. The van der Waals surface area contributed by atoms with Crippen molar-refractivity contribution in [2.45, 2.75) is 38.1 Å². The van der Waals surface area contributed by atoms with Gasteiger partial charge in [-0.3, -0.25) is 0 Å². The maximum absolute atomic E-state index is 11.8. The Morgan fingerprint density at radius 3 is 2.67 bits per heavy atom. The third-order valence-electron chi connectivity index (χ3n) is 3.12. The number of nitrogens with one attached hydrogen (secondary N) is 2. The van der Waals surface area contributed by atoms with E-state index < -0.39 is 0 Å². The van der Waals surface area contributed by atoms with Crippen LogP contribution in [-0.4, -0.2) is 12.1 Å². The fraction of sp³-hybridized carbons (Fsp3) is 0.462. The summed E-state index contributed by atoms with van der Waals surface area (Å²) in [7, 11) is 0. The Bertz CT molecular complexity index is 433. The van der Waals surface area contributed by atoms with Crippen molar-refractivity contribution in [1.29, 1.82) is 0 Å². The number of halogens is 2. The lowest BCUT2D eigenvalue weighted by Gasteiger charge is -2.22. The van der Waals surface area contributed by atoms with Gasteiger partial charge in [0.05, 0.1) is 5.02 Å². The van der Waals surface area contributed by atoms with Gasteiger partial charge in [0, 0.05) is 16.2 Å². The summed E-state index contributed by atoms with van der Waals surface area (Å²) in [6.07, 6.45) is 5.86. The molecule has 0 aliphatic heterocycles. The SMILES string of the molecule is O=C(Nc1ccc(Cl)c(Br)c1)NC1CCCCC1. The molecule has 1 fully saturated rings. The molecule has 1 aliphatic rings. The van der Waals surface area contributed by atoms with Crippen molar-refractivity contribution < 1.29 is 4.79 Å². The molecule has 1 aromatic rings. The van der Waals surface area contributed by atoms with Crippen LogP contribution in [0.5, 0.6) is 0 Å². The standard InChI is InChI=1S/C13H16BrClN2O/c14-11-8-10(6-7-12(11)15)17-13(18)16-9-4-2-1-3-5-9/h6-9H,1-5H2,(H2,16,17,18). The lowest BCUT2D eigenvalue weighted by molar-refractivity contribution is 0.244. The predicted molar refractivity (Wildman–Crippen MR) is 78.2 cm³/mol. The van der Waals surface area contributed by atoms with E-state index in [1.807, 2.05) is 0 Å². The summed E-state index contributed by atoms with van der Waals surface area (Å²) in [5.74, 6) is 0. The third kappa shape index (κ3) is 3.89. The van der Waals surface area contributed by atoms with E-state index in [-0.39, 0.29) is 6.03 Å². The van der Waals surface area contributed by atoms with Crippen molar-refractivity contribution in [2.75, 3.05) is 5.32 Å². The van der Waals surface area contributed by atoms with Crippen molar-refractivity contribution >= 4 is 39.2 Å². The molecule has 0 unspecified atom stereocenters. The van der Waals surface area contributed by atoms with E-state index in [1.165, 1.54) is 19.3 Å². The normalized spacial score (nSPS) is 16.3. The van der Waals surface area contributed by atoms with E-state index in [9.17, 15) is 4.79 Å². The van der Waals surface area contributed by atoms with Gasteiger partial charge in [-0.2, -0.15) is 0 Å². The molecular formula is C13H16BrClN2O. The van der Waals surface area contributed by atoms with Crippen LogP contribution < -0.4 is 10.6 Å². The van der Waals surface area contributed by atoms with Crippen LogP contribution in [0, 0.1) is 0 Å². The van der Waals surface area contributed by atoms with E-state index in [2.05, 4.69) is 26.6 Å². The molecule has 18 heavy (non-hydrogen) atoms. The molecule has 2 N–H and O–H groups in total. The highest BCUT2D eigenvalue weighted by atomic mass is 79.9. The van der Waals surface area contributed by atoms with E-state index in [4.69, 9.17) is 11.6 Å². The predicted octanol–water partition coefficient (Wildman–Crippen LogP) is 4.56. The maximum Gasteiger partial charge on any atom is 0.319 e. The number of urea groups is 1. The smallest absolute Gasteiger partial charge is 0.319 e. The van der Waals surface area contributed by atoms with Crippen LogP contribution in [0.1, 0.15) is 32.1 Å². The summed E-state index contributed by atoms with van der Waals surface area (Å²) in [4.78, 5) is 11.8. The zero-order valence-corrected chi connectivity index (χ0v) is 12.4. The second kappa shape index (κ2) is 6.43. The van der Waals surface area contributed by atoms with E-state index in [1.54, 1.807) is 18.2 Å². The van der Waals surface area contributed by atoms with Gasteiger partial charge in [0.1, 0.15) is 0 Å². The monoisotopic (exact) mass is 330 g/mol. The Morgan fingerprint density at radius 2 is 2.00 bits per heavy atom. The van der Waals surface area contributed by atoms with Gasteiger partial charge in [-0.05, 0) is 47.0 Å². The Labute approximate surface area is 120 Å². The van der Waals surface area contributed by atoms with Crippen LogP contribution >= 0.6 is 27.5 Å². The molecule has 1 aromatic carbocycles. The van der Waals surface area contributed by atoms with Crippen molar-refractivity contribution in [3.8, 4) is 0 Å². The van der Waals surface area contributed by atoms with Gasteiger partial charge >= 0.3 is 6.03 Å². The van der Waals surface area contributed by atoms with Gasteiger partial charge in [-0.25, -0.2) is 4.79 Å². The molecule has 5 heteroatoms. The van der Waals surface area contributed by atoms with Gasteiger partial charge in [0.25, 0.3) is 0 Å². The van der Waals surface area contributed by atoms with Gasteiger partial charge in [-0.1, -0.05) is 30.9 Å². The topological polar surface area (TPSA) is 41.1 Å².